The standard InChI is InChI=1S/C26H34O3/c1-17(2)15-21-7-11-23(12-8-21)19(5)25(27)29-26(28)20(6)24-13-9-22(10-14-24)16-18(3)4/h7-14,17-20H,15-16H2,1-6H3/t19-,20-/m0/s1. The fourth-order valence-electron chi connectivity index (χ4n) is 3.38. The van der Waals surface area contributed by atoms with E-state index in [0.717, 1.165) is 24.0 Å². The van der Waals surface area contributed by atoms with Crippen LogP contribution in [0.25, 0.3) is 0 Å². The maximum atomic E-state index is 12.5. The van der Waals surface area contributed by atoms with Gasteiger partial charge < -0.3 is 4.74 Å². The SMILES string of the molecule is CC(C)Cc1ccc([C@H](C)C(=O)OC(=O)[C@@H](C)c2ccc(CC(C)C)cc2)cc1. The molecule has 0 amide bonds. The summed E-state index contributed by atoms with van der Waals surface area (Å²) in [5.74, 6) is -0.798. The van der Waals surface area contributed by atoms with Crippen LogP contribution in [0.2, 0.25) is 0 Å². The van der Waals surface area contributed by atoms with Crippen molar-refractivity contribution in [2.45, 2.75) is 66.2 Å². The molecule has 0 saturated heterocycles. The molecular weight excluding hydrogens is 360 g/mol. The second-order valence-electron chi connectivity index (χ2n) is 8.86. The molecule has 0 saturated carbocycles. The first kappa shape index (κ1) is 22.9. The number of benzene rings is 2. The normalized spacial score (nSPS) is 13.4. The summed E-state index contributed by atoms with van der Waals surface area (Å²) in [5.41, 5.74) is 4.21. The molecule has 3 nitrogen and oxygen atoms in total. The van der Waals surface area contributed by atoms with Crippen LogP contribution in [0, 0.1) is 11.8 Å². The molecule has 2 atom stereocenters. The van der Waals surface area contributed by atoms with Crippen LogP contribution in [0.5, 0.6) is 0 Å². The van der Waals surface area contributed by atoms with Gasteiger partial charge in [0.1, 0.15) is 0 Å². The lowest BCUT2D eigenvalue weighted by atomic mass is 9.96. The van der Waals surface area contributed by atoms with Crippen molar-refractivity contribution in [2.24, 2.45) is 11.8 Å². The highest BCUT2D eigenvalue weighted by Gasteiger charge is 2.24. The van der Waals surface area contributed by atoms with Gasteiger partial charge in [0.2, 0.25) is 0 Å². The Labute approximate surface area is 175 Å². The van der Waals surface area contributed by atoms with Crippen LogP contribution >= 0.6 is 0 Å². The van der Waals surface area contributed by atoms with E-state index in [2.05, 4.69) is 27.7 Å². The Balaban J connectivity index is 1.97. The van der Waals surface area contributed by atoms with Gasteiger partial charge in [-0.1, -0.05) is 76.2 Å². The highest BCUT2D eigenvalue weighted by molar-refractivity contribution is 5.92. The molecule has 29 heavy (non-hydrogen) atoms. The first-order valence-corrected chi connectivity index (χ1v) is 10.6. The third-order valence-electron chi connectivity index (χ3n) is 5.16. The lowest BCUT2D eigenvalue weighted by molar-refractivity contribution is -0.161. The number of carbonyl (C=O) groups is 2. The van der Waals surface area contributed by atoms with Gasteiger partial charge >= 0.3 is 11.9 Å². The second-order valence-corrected chi connectivity index (χ2v) is 8.86. The van der Waals surface area contributed by atoms with Gasteiger partial charge in [-0.25, -0.2) is 0 Å². The summed E-state index contributed by atoms with van der Waals surface area (Å²) in [6.45, 7) is 12.3. The predicted molar refractivity (Wildman–Crippen MR) is 118 cm³/mol. The summed E-state index contributed by atoms with van der Waals surface area (Å²) in [6.07, 6.45) is 2.01. The van der Waals surface area contributed by atoms with Crippen molar-refractivity contribution in [1.29, 1.82) is 0 Å². The van der Waals surface area contributed by atoms with E-state index in [1.165, 1.54) is 11.1 Å². The van der Waals surface area contributed by atoms with Crippen LogP contribution in [-0.4, -0.2) is 11.9 Å². The number of hydrogen-bond donors (Lipinski definition) is 0. The third kappa shape index (κ3) is 6.85. The third-order valence-corrected chi connectivity index (χ3v) is 5.16. The van der Waals surface area contributed by atoms with Crippen molar-refractivity contribution in [3.8, 4) is 0 Å². The number of esters is 2. The molecule has 0 bridgehead atoms. The van der Waals surface area contributed by atoms with E-state index in [0.29, 0.717) is 11.8 Å². The molecule has 0 unspecified atom stereocenters. The molecule has 2 aromatic rings. The Bertz CT molecular complexity index is 731. The summed E-state index contributed by atoms with van der Waals surface area (Å²) >= 11 is 0. The molecule has 156 valence electrons. The van der Waals surface area contributed by atoms with Gasteiger partial charge in [0.05, 0.1) is 11.8 Å². The summed E-state index contributed by atoms with van der Waals surface area (Å²) in [7, 11) is 0. The van der Waals surface area contributed by atoms with Gasteiger partial charge in [0.25, 0.3) is 0 Å². The van der Waals surface area contributed by atoms with E-state index in [1.807, 2.05) is 48.5 Å². The fourth-order valence-corrected chi connectivity index (χ4v) is 3.38. The van der Waals surface area contributed by atoms with E-state index in [9.17, 15) is 9.59 Å². The molecule has 0 aliphatic rings. The summed E-state index contributed by atoms with van der Waals surface area (Å²) < 4.78 is 5.19. The topological polar surface area (TPSA) is 43.4 Å². The minimum atomic E-state index is -0.505. The Morgan fingerprint density at radius 3 is 1.21 bits per heavy atom. The summed E-state index contributed by atoms with van der Waals surface area (Å²) in [4.78, 5) is 25.0. The van der Waals surface area contributed by atoms with Gasteiger partial charge in [0.15, 0.2) is 0 Å². The first-order valence-electron chi connectivity index (χ1n) is 10.6. The first-order chi connectivity index (χ1) is 13.7. The molecule has 0 aromatic heterocycles. The quantitative estimate of drug-likeness (QED) is 0.404. The zero-order valence-electron chi connectivity index (χ0n) is 18.6. The van der Waals surface area contributed by atoms with Crippen LogP contribution < -0.4 is 0 Å². The Kier molecular flexibility index (Phi) is 8.19. The lowest BCUT2D eigenvalue weighted by Gasteiger charge is -2.15. The number of rotatable bonds is 8. The highest BCUT2D eigenvalue weighted by atomic mass is 16.6. The van der Waals surface area contributed by atoms with Crippen molar-refractivity contribution < 1.29 is 14.3 Å². The minimum Gasteiger partial charge on any atom is -0.392 e. The van der Waals surface area contributed by atoms with Crippen molar-refractivity contribution in [1.82, 2.24) is 0 Å². The molecular formula is C26H34O3. The lowest BCUT2D eigenvalue weighted by Crippen LogP contribution is -2.21. The molecule has 3 heteroatoms. The van der Waals surface area contributed by atoms with Crippen LogP contribution in [-0.2, 0) is 27.2 Å². The van der Waals surface area contributed by atoms with Crippen LogP contribution in [0.4, 0.5) is 0 Å². The van der Waals surface area contributed by atoms with E-state index in [4.69, 9.17) is 4.74 Å². The van der Waals surface area contributed by atoms with Crippen molar-refractivity contribution in [2.75, 3.05) is 0 Å². The maximum absolute atomic E-state index is 12.5. The van der Waals surface area contributed by atoms with Crippen LogP contribution in [0.15, 0.2) is 48.5 Å². The van der Waals surface area contributed by atoms with Crippen LogP contribution in [0.3, 0.4) is 0 Å². The second kappa shape index (κ2) is 10.4. The van der Waals surface area contributed by atoms with E-state index >= 15 is 0 Å². The molecule has 0 aliphatic carbocycles. The Morgan fingerprint density at radius 2 is 0.931 bits per heavy atom. The smallest absolute Gasteiger partial charge is 0.320 e. The van der Waals surface area contributed by atoms with Crippen LogP contribution in [0.1, 0.15) is 75.6 Å². The predicted octanol–water partition coefficient (Wildman–Crippen LogP) is 6.06. The average Bonchev–Trinajstić information content (AvgIpc) is 2.67. The van der Waals surface area contributed by atoms with E-state index < -0.39 is 23.8 Å². The number of hydrogen-bond acceptors (Lipinski definition) is 3. The zero-order chi connectivity index (χ0) is 21.6. The highest BCUT2D eigenvalue weighted by Crippen LogP contribution is 2.22. The van der Waals surface area contributed by atoms with Crippen molar-refractivity contribution in [3.05, 3.63) is 70.8 Å². The minimum absolute atomic E-state index is 0.479. The Hall–Kier alpha value is -2.42. The summed E-state index contributed by atoms with van der Waals surface area (Å²) in [5, 5.41) is 0. The molecule has 2 rings (SSSR count). The zero-order valence-corrected chi connectivity index (χ0v) is 18.6. The number of ether oxygens (including phenoxy) is 1. The largest absolute Gasteiger partial charge is 0.392 e. The Morgan fingerprint density at radius 1 is 0.621 bits per heavy atom. The monoisotopic (exact) mass is 394 g/mol. The molecule has 0 radical (unpaired) electrons. The molecule has 0 heterocycles. The molecule has 2 aromatic carbocycles. The summed E-state index contributed by atoms with van der Waals surface area (Å²) in [6, 6.07) is 16.0. The van der Waals surface area contributed by atoms with Gasteiger partial charge in [-0.3, -0.25) is 9.59 Å². The maximum Gasteiger partial charge on any atom is 0.320 e. The fraction of sp³-hybridized carbons (Fsp3) is 0.462. The number of carbonyl (C=O) groups excluding carboxylic acids is 2. The van der Waals surface area contributed by atoms with Gasteiger partial charge in [-0.15, -0.1) is 0 Å². The molecule has 0 spiro atoms. The van der Waals surface area contributed by atoms with E-state index in [-0.39, 0.29) is 0 Å². The van der Waals surface area contributed by atoms with Gasteiger partial charge in [0, 0.05) is 0 Å². The van der Waals surface area contributed by atoms with Gasteiger partial charge in [-0.2, -0.15) is 0 Å². The van der Waals surface area contributed by atoms with Crippen molar-refractivity contribution in [3.63, 3.8) is 0 Å². The molecule has 0 N–H and O–H groups in total. The average molecular weight is 395 g/mol. The van der Waals surface area contributed by atoms with E-state index in [1.54, 1.807) is 13.8 Å². The molecule has 0 fully saturated rings. The van der Waals surface area contributed by atoms with Crippen molar-refractivity contribution >= 4 is 11.9 Å². The molecule has 0 aliphatic heterocycles. The van der Waals surface area contributed by atoms with Gasteiger partial charge in [-0.05, 0) is 60.8 Å².